The van der Waals surface area contributed by atoms with Gasteiger partial charge in [-0.2, -0.15) is 0 Å². The van der Waals surface area contributed by atoms with Crippen molar-refractivity contribution in [2.24, 2.45) is 17.3 Å². The predicted molar refractivity (Wildman–Crippen MR) is 155 cm³/mol. The molecule has 2 aliphatic carbocycles. The summed E-state index contributed by atoms with van der Waals surface area (Å²) >= 11 is 0. The molecule has 0 amide bonds. The number of ether oxygens (including phenoxy) is 4. The van der Waals surface area contributed by atoms with Gasteiger partial charge in [0, 0.05) is 37.4 Å². The minimum atomic E-state index is -0.756. The number of aliphatic hydroxyl groups excluding tert-OH is 1. The molecule has 4 aliphatic rings. The first-order valence-electron chi connectivity index (χ1n) is 16.3. The summed E-state index contributed by atoms with van der Waals surface area (Å²) in [6.07, 6.45) is 24.3. The molecule has 0 aromatic carbocycles. The molecule has 4 fully saturated rings. The van der Waals surface area contributed by atoms with Gasteiger partial charge >= 0.3 is 5.97 Å². The molecule has 7 heteroatoms. The Morgan fingerprint density at radius 2 is 1.77 bits per heavy atom. The molecule has 2 N–H and O–H groups in total. The Balaban J connectivity index is 1.50. The van der Waals surface area contributed by atoms with Crippen LogP contribution >= 0.6 is 0 Å². The van der Waals surface area contributed by atoms with Crippen LogP contribution in [0.5, 0.6) is 0 Å². The average molecular weight is 563 g/mol. The maximum Gasteiger partial charge on any atom is 0.303 e. The monoisotopic (exact) mass is 562 g/mol. The molecule has 0 aromatic rings. The summed E-state index contributed by atoms with van der Waals surface area (Å²) < 4.78 is 25.2. The van der Waals surface area contributed by atoms with Crippen molar-refractivity contribution < 1.29 is 34.0 Å². The van der Waals surface area contributed by atoms with Crippen LogP contribution in [0.25, 0.3) is 0 Å². The van der Waals surface area contributed by atoms with Crippen LogP contribution in [0.3, 0.4) is 0 Å². The fourth-order valence-electron chi connectivity index (χ4n) is 7.03. The second-order valence-electron chi connectivity index (χ2n) is 12.6. The van der Waals surface area contributed by atoms with Crippen LogP contribution < -0.4 is 0 Å². The van der Waals surface area contributed by atoms with Crippen LogP contribution in [0.4, 0.5) is 0 Å². The zero-order chi connectivity index (χ0) is 28.2. The van der Waals surface area contributed by atoms with Gasteiger partial charge in [-0.3, -0.25) is 4.79 Å². The molecule has 2 heterocycles. The average Bonchev–Trinajstić information content (AvgIpc) is 3.22. The van der Waals surface area contributed by atoms with Crippen molar-refractivity contribution in [3.8, 4) is 0 Å². The lowest BCUT2D eigenvalue weighted by Gasteiger charge is -2.48. The molecule has 0 bridgehead atoms. The number of aliphatic carboxylic acids is 1. The number of aliphatic hydroxyl groups is 1. The molecule has 7 atom stereocenters. The lowest BCUT2D eigenvalue weighted by molar-refractivity contribution is -0.211. The Labute approximate surface area is 241 Å². The quantitative estimate of drug-likeness (QED) is 0.156. The van der Waals surface area contributed by atoms with Gasteiger partial charge in [-0.05, 0) is 83.0 Å². The van der Waals surface area contributed by atoms with Crippen molar-refractivity contribution in [1.82, 2.24) is 0 Å². The Hall–Kier alpha value is -1.25. The normalized spacial score (nSPS) is 33.4. The molecule has 40 heavy (non-hydrogen) atoms. The summed E-state index contributed by atoms with van der Waals surface area (Å²) in [6, 6.07) is 0. The van der Waals surface area contributed by atoms with E-state index in [4.69, 9.17) is 24.1 Å². The molecule has 2 saturated carbocycles. The molecule has 0 radical (unpaired) electrons. The van der Waals surface area contributed by atoms with E-state index in [0.717, 1.165) is 64.6 Å². The zero-order valence-electron chi connectivity index (χ0n) is 24.7. The SMILES string of the molecule is CCCCC1([C@H](/C=C/[C@@H]2[C@@H](C/C=C\CCCC(=O)O)[C@@H](O)C[C@H]2OC2CCCCO2)OC2CCCCO2)CCC1. The largest absolute Gasteiger partial charge is 0.481 e. The van der Waals surface area contributed by atoms with E-state index in [1.165, 1.54) is 38.5 Å². The van der Waals surface area contributed by atoms with Crippen LogP contribution in [-0.4, -0.2) is 60.3 Å². The first-order chi connectivity index (χ1) is 19.5. The third-order valence-corrected chi connectivity index (χ3v) is 9.62. The zero-order valence-corrected chi connectivity index (χ0v) is 24.7. The van der Waals surface area contributed by atoms with Crippen molar-refractivity contribution in [3.63, 3.8) is 0 Å². The molecule has 7 nitrogen and oxygen atoms in total. The summed E-state index contributed by atoms with van der Waals surface area (Å²) in [7, 11) is 0. The van der Waals surface area contributed by atoms with Crippen molar-refractivity contribution in [3.05, 3.63) is 24.3 Å². The number of carbonyl (C=O) groups is 1. The molecule has 2 aliphatic heterocycles. The van der Waals surface area contributed by atoms with E-state index in [-0.39, 0.29) is 48.5 Å². The lowest BCUT2D eigenvalue weighted by Crippen LogP contribution is -2.44. The number of allylic oxidation sites excluding steroid dienone is 2. The number of rotatable bonds is 16. The Bertz CT molecular complexity index is 795. The minimum Gasteiger partial charge on any atom is -0.481 e. The van der Waals surface area contributed by atoms with Crippen molar-refractivity contribution >= 4 is 5.97 Å². The fourth-order valence-corrected chi connectivity index (χ4v) is 7.03. The topological polar surface area (TPSA) is 94.5 Å². The number of hydrogen-bond acceptors (Lipinski definition) is 6. The van der Waals surface area contributed by atoms with Crippen LogP contribution in [0.1, 0.15) is 116 Å². The second kappa shape index (κ2) is 16.4. The highest BCUT2D eigenvalue weighted by Gasteiger charge is 2.46. The van der Waals surface area contributed by atoms with E-state index in [9.17, 15) is 9.90 Å². The Kier molecular flexibility index (Phi) is 13.0. The summed E-state index contributed by atoms with van der Waals surface area (Å²) in [5, 5.41) is 20.1. The molecule has 228 valence electrons. The summed E-state index contributed by atoms with van der Waals surface area (Å²) in [5.41, 5.74) is 0.174. The number of carboxylic acid groups (broad SMARTS) is 1. The minimum absolute atomic E-state index is 0.00688. The highest BCUT2D eigenvalue weighted by atomic mass is 16.7. The van der Waals surface area contributed by atoms with Crippen LogP contribution in [0.15, 0.2) is 24.3 Å². The third-order valence-electron chi connectivity index (χ3n) is 9.62. The summed E-state index contributed by atoms with van der Waals surface area (Å²) in [6.45, 7) is 3.77. The van der Waals surface area contributed by atoms with E-state index >= 15 is 0 Å². The van der Waals surface area contributed by atoms with E-state index in [2.05, 4.69) is 31.2 Å². The van der Waals surface area contributed by atoms with Gasteiger partial charge in [-0.1, -0.05) is 50.5 Å². The van der Waals surface area contributed by atoms with Gasteiger partial charge in [0.1, 0.15) is 0 Å². The van der Waals surface area contributed by atoms with E-state index in [1.807, 2.05) is 0 Å². The van der Waals surface area contributed by atoms with Gasteiger partial charge in [0.2, 0.25) is 0 Å². The maximum absolute atomic E-state index is 11.2. The smallest absolute Gasteiger partial charge is 0.303 e. The van der Waals surface area contributed by atoms with Crippen LogP contribution in [0, 0.1) is 17.3 Å². The number of unbranched alkanes of at least 4 members (excludes halogenated alkanes) is 2. The van der Waals surface area contributed by atoms with Crippen molar-refractivity contribution in [2.45, 2.75) is 147 Å². The predicted octanol–water partition coefficient (Wildman–Crippen LogP) is 6.92. The molecule has 0 spiro atoms. The van der Waals surface area contributed by atoms with Gasteiger partial charge in [0.05, 0.1) is 18.3 Å². The van der Waals surface area contributed by atoms with Gasteiger partial charge in [-0.25, -0.2) is 0 Å². The molecular weight excluding hydrogens is 508 g/mol. The van der Waals surface area contributed by atoms with Crippen LogP contribution in [0.2, 0.25) is 0 Å². The van der Waals surface area contributed by atoms with Gasteiger partial charge in [0.25, 0.3) is 0 Å². The standard InChI is InChI=1S/C33H54O7/c1-2-3-19-33(20-12-21-33)29(40-32-16-9-11-23-38-32)18-17-26-25(13-6-4-5-7-14-30(35)36)27(34)24-28(26)39-31-15-8-10-22-37-31/h4,6,17-18,25-29,31-32,34H,2-3,5,7-16,19-24H2,1H3,(H,35,36)/b6-4-,18-17+/t25-,26-,27+,28-,29+,31?,32?/m1/s1. The Morgan fingerprint density at radius 1 is 1.02 bits per heavy atom. The van der Waals surface area contributed by atoms with E-state index in [0.29, 0.717) is 12.8 Å². The molecule has 0 aromatic heterocycles. The van der Waals surface area contributed by atoms with Crippen molar-refractivity contribution in [1.29, 1.82) is 0 Å². The highest BCUT2D eigenvalue weighted by Crippen LogP contribution is 2.50. The summed E-state index contributed by atoms with van der Waals surface area (Å²) in [5.74, 6) is -0.653. The first-order valence-corrected chi connectivity index (χ1v) is 16.3. The molecule has 2 unspecified atom stereocenters. The third kappa shape index (κ3) is 9.12. The van der Waals surface area contributed by atoms with E-state index < -0.39 is 12.1 Å². The first kappa shape index (κ1) is 31.7. The van der Waals surface area contributed by atoms with Crippen molar-refractivity contribution in [2.75, 3.05) is 13.2 Å². The van der Waals surface area contributed by atoms with Gasteiger partial charge in [-0.15, -0.1) is 0 Å². The lowest BCUT2D eigenvalue weighted by atomic mass is 9.62. The number of hydrogen-bond donors (Lipinski definition) is 2. The summed E-state index contributed by atoms with van der Waals surface area (Å²) in [4.78, 5) is 10.8. The Morgan fingerprint density at radius 3 is 2.40 bits per heavy atom. The second-order valence-corrected chi connectivity index (χ2v) is 12.6. The maximum atomic E-state index is 11.2. The fraction of sp³-hybridized carbons (Fsp3) is 0.848. The molecule has 4 rings (SSSR count). The van der Waals surface area contributed by atoms with E-state index in [1.54, 1.807) is 0 Å². The highest BCUT2D eigenvalue weighted by molar-refractivity contribution is 5.66. The molecule has 2 saturated heterocycles. The van der Waals surface area contributed by atoms with Crippen LogP contribution in [-0.2, 0) is 23.7 Å². The van der Waals surface area contributed by atoms with Gasteiger partial charge < -0.3 is 29.2 Å². The molecular formula is C33H54O7. The van der Waals surface area contributed by atoms with Gasteiger partial charge in [0.15, 0.2) is 12.6 Å². The number of carboxylic acids is 1.